The maximum Gasteiger partial charge on any atom is 0.238 e. The number of halogens is 3. The molecule has 1 amide bonds. The first-order chi connectivity index (χ1) is 10.1. The van der Waals surface area contributed by atoms with Gasteiger partial charge in [0.05, 0.1) is 22.3 Å². The predicted molar refractivity (Wildman–Crippen MR) is 93.3 cm³/mol. The van der Waals surface area contributed by atoms with Gasteiger partial charge in [0.25, 0.3) is 0 Å². The lowest BCUT2D eigenvalue weighted by molar-refractivity contribution is -0.117. The number of likely N-dealkylation sites (tertiary alicyclic amines) is 1. The molecule has 2 bridgehead atoms. The monoisotopic (exact) mass is 363 g/mol. The fourth-order valence-electron chi connectivity index (χ4n) is 3.15. The topological polar surface area (TPSA) is 44.4 Å². The average molecular weight is 365 g/mol. The Bertz CT molecular complexity index is 541. The van der Waals surface area contributed by atoms with Crippen LogP contribution in [0.25, 0.3) is 0 Å². The van der Waals surface area contributed by atoms with Crippen LogP contribution in [0.15, 0.2) is 18.2 Å². The van der Waals surface area contributed by atoms with E-state index in [0.29, 0.717) is 34.4 Å². The molecule has 0 spiro atoms. The lowest BCUT2D eigenvalue weighted by atomic mass is 10.1. The number of hydrogen-bond donors (Lipinski definition) is 2. The van der Waals surface area contributed by atoms with Crippen molar-refractivity contribution in [2.75, 3.05) is 25.0 Å². The van der Waals surface area contributed by atoms with Crippen molar-refractivity contribution in [1.82, 2.24) is 10.2 Å². The highest BCUT2D eigenvalue weighted by Crippen LogP contribution is 2.29. The van der Waals surface area contributed by atoms with Crippen LogP contribution in [0, 0.1) is 0 Å². The number of nitrogens with zero attached hydrogens (tertiary/aromatic N) is 1. The third-order valence-corrected chi connectivity index (χ3v) is 5.02. The summed E-state index contributed by atoms with van der Waals surface area (Å²) in [5, 5.41) is 7.30. The third kappa shape index (κ3) is 4.27. The Balaban J connectivity index is 0.00000176. The highest BCUT2D eigenvalue weighted by molar-refractivity contribution is 6.43. The maximum atomic E-state index is 12.2. The van der Waals surface area contributed by atoms with Crippen molar-refractivity contribution >= 4 is 47.2 Å². The fourth-order valence-corrected chi connectivity index (χ4v) is 3.50. The standard InChI is InChI=1S/C15H19Cl2N3O.ClH/c16-12-2-1-3-13(15(12)17)19-14(21)9-20-7-6-10-4-5-11(8-20)18-10;/h1-3,10-11,18H,4-9H2,(H,19,21);1H. The molecule has 2 fully saturated rings. The molecule has 2 aliphatic rings. The number of anilines is 1. The van der Waals surface area contributed by atoms with Crippen LogP contribution in [0.1, 0.15) is 19.3 Å². The summed E-state index contributed by atoms with van der Waals surface area (Å²) < 4.78 is 0. The molecule has 2 unspecified atom stereocenters. The number of carbonyl (C=O) groups is 1. The highest BCUT2D eigenvalue weighted by atomic mass is 35.5. The number of hydrogen-bond acceptors (Lipinski definition) is 3. The summed E-state index contributed by atoms with van der Waals surface area (Å²) >= 11 is 12.0. The van der Waals surface area contributed by atoms with E-state index in [1.807, 2.05) is 0 Å². The van der Waals surface area contributed by atoms with E-state index in [2.05, 4.69) is 15.5 Å². The molecule has 4 nitrogen and oxygen atoms in total. The Morgan fingerprint density at radius 2 is 2.05 bits per heavy atom. The van der Waals surface area contributed by atoms with Gasteiger partial charge in [0.1, 0.15) is 0 Å². The van der Waals surface area contributed by atoms with E-state index in [-0.39, 0.29) is 18.3 Å². The van der Waals surface area contributed by atoms with Crippen molar-refractivity contribution < 1.29 is 4.79 Å². The number of carbonyl (C=O) groups excluding carboxylic acids is 1. The second kappa shape index (κ2) is 7.84. The molecule has 2 saturated heterocycles. The first-order valence-electron chi connectivity index (χ1n) is 7.34. The second-order valence-electron chi connectivity index (χ2n) is 5.81. The zero-order valence-corrected chi connectivity index (χ0v) is 14.5. The van der Waals surface area contributed by atoms with Gasteiger partial charge in [-0.2, -0.15) is 0 Å². The van der Waals surface area contributed by atoms with Gasteiger partial charge in [-0.3, -0.25) is 9.69 Å². The minimum Gasteiger partial charge on any atom is -0.324 e. The number of amides is 1. The normalized spacial score (nSPS) is 24.5. The van der Waals surface area contributed by atoms with E-state index in [0.717, 1.165) is 19.5 Å². The van der Waals surface area contributed by atoms with Gasteiger partial charge in [0, 0.05) is 25.2 Å². The van der Waals surface area contributed by atoms with Gasteiger partial charge in [-0.1, -0.05) is 29.3 Å². The molecule has 1 aromatic rings. The van der Waals surface area contributed by atoms with Gasteiger partial charge in [-0.25, -0.2) is 0 Å². The molecule has 0 saturated carbocycles. The minimum atomic E-state index is -0.0445. The van der Waals surface area contributed by atoms with Gasteiger partial charge >= 0.3 is 0 Å². The molecule has 2 aliphatic heterocycles. The summed E-state index contributed by atoms with van der Waals surface area (Å²) in [5.74, 6) is -0.0445. The Hall–Kier alpha value is -0.520. The van der Waals surface area contributed by atoms with Gasteiger partial charge < -0.3 is 10.6 Å². The van der Waals surface area contributed by atoms with Crippen LogP contribution in [0.3, 0.4) is 0 Å². The fraction of sp³-hybridized carbons (Fsp3) is 0.533. The van der Waals surface area contributed by atoms with E-state index in [1.165, 1.54) is 12.8 Å². The van der Waals surface area contributed by atoms with E-state index >= 15 is 0 Å². The van der Waals surface area contributed by atoms with E-state index < -0.39 is 0 Å². The van der Waals surface area contributed by atoms with Crippen LogP contribution in [0.4, 0.5) is 5.69 Å². The van der Waals surface area contributed by atoms with Gasteiger partial charge in [0.2, 0.25) is 5.91 Å². The van der Waals surface area contributed by atoms with Crippen molar-refractivity contribution in [2.24, 2.45) is 0 Å². The molecule has 2 heterocycles. The van der Waals surface area contributed by atoms with E-state index in [1.54, 1.807) is 18.2 Å². The van der Waals surface area contributed by atoms with E-state index in [9.17, 15) is 4.79 Å². The second-order valence-corrected chi connectivity index (χ2v) is 6.60. The molecule has 22 heavy (non-hydrogen) atoms. The quantitative estimate of drug-likeness (QED) is 0.866. The number of fused-ring (bicyclic) bond motifs is 2. The maximum absolute atomic E-state index is 12.2. The number of benzene rings is 1. The van der Waals surface area contributed by atoms with Crippen LogP contribution in [-0.2, 0) is 4.79 Å². The van der Waals surface area contributed by atoms with Crippen molar-refractivity contribution in [3.63, 3.8) is 0 Å². The molecule has 7 heteroatoms. The van der Waals surface area contributed by atoms with E-state index in [4.69, 9.17) is 23.2 Å². The highest BCUT2D eigenvalue weighted by Gasteiger charge is 2.29. The van der Waals surface area contributed by atoms with Gasteiger partial charge in [-0.05, 0) is 31.4 Å². The Morgan fingerprint density at radius 1 is 1.27 bits per heavy atom. The summed E-state index contributed by atoms with van der Waals surface area (Å²) in [6.07, 6.45) is 3.59. The van der Waals surface area contributed by atoms with Crippen molar-refractivity contribution in [3.05, 3.63) is 28.2 Å². The van der Waals surface area contributed by atoms with Crippen LogP contribution in [-0.4, -0.2) is 42.5 Å². The summed E-state index contributed by atoms with van der Waals surface area (Å²) in [5.41, 5.74) is 0.573. The first kappa shape index (κ1) is 17.8. The lowest BCUT2D eigenvalue weighted by Crippen LogP contribution is -2.39. The summed E-state index contributed by atoms with van der Waals surface area (Å²) in [6.45, 7) is 2.30. The molecule has 0 aromatic heterocycles. The molecule has 1 aromatic carbocycles. The number of nitrogens with one attached hydrogen (secondary N) is 2. The van der Waals surface area contributed by atoms with Crippen LogP contribution in [0.5, 0.6) is 0 Å². The zero-order chi connectivity index (χ0) is 14.8. The summed E-state index contributed by atoms with van der Waals surface area (Å²) in [4.78, 5) is 14.4. The SMILES string of the molecule is Cl.O=C(CN1CCC2CCC(C1)N2)Nc1cccc(Cl)c1Cl. The molecular formula is C15H20Cl3N3O. The van der Waals surface area contributed by atoms with Crippen LogP contribution in [0.2, 0.25) is 10.0 Å². The van der Waals surface area contributed by atoms with Crippen molar-refractivity contribution in [3.8, 4) is 0 Å². The molecular weight excluding hydrogens is 345 g/mol. The van der Waals surface area contributed by atoms with Gasteiger partial charge in [0.15, 0.2) is 0 Å². The zero-order valence-electron chi connectivity index (χ0n) is 12.1. The Kier molecular flexibility index (Phi) is 6.36. The molecule has 3 rings (SSSR count). The van der Waals surface area contributed by atoms with Crippen LogP contribution < -0.4 is 10.6 Å². The average Bonchev–Trinajstić information content (AvgIpc) is 2.78. The molecule has 122 valence electrons. The van der Waals surface area contributed by atoms with Crippen LogP contribution >= 0.6 is 35.6 Å². The third-order valence-electron chi connectivity index (χ3n) is 4.20. The summed E-state index contributed by atoms with van der Waals surface area (Å²) in [7, 11) is 0. The smallest absolute Gasteiger partial charge is 0.238 e. The van der Waals surface area contributed by atoms with Crippen molar-refractivity contribution in [1.29, 1.82) is 0 Å². The number of rotatable bonds is 3. The molecule has 2 N–H and O–H groups in total. The van der Waals surface area contributed by atoms with Gasteiger partial charge in [-0.15, -0.1) is 12.4 Å². The molecule has 2 atom stereocenters. The first-order valence-corrected chi connectivity index (χ1v) is 8.09. The Labute approximate surface area is 146 Å². The van der Waals surface area contributed by atoms with Crippen molar-refractivity contribution in [2.45, 2.75) is 31.3 Å². The lowest BCUT2D eigenvalue weighted by Gasteiger charge is -2.23. The molecule has 0 radical (unpaired) electrons. The minimum absolute atomic E-state index is 0. The summed E-state index contributed by atoms with van der Waals surface area (Å²) in [6, 6.07) is 6.40. The largest absolute Gasteiger partial charge is 0.324 e. The molecule has 0 aliphatic carbocycles. The predicted octanol–water partition coefficient (Wildman–Crippen LogP) is 3.18. The Morgan fingerprint density at radius 3 is 2.86 bits per heavy atom.